The van der Waals surface area contributed by atoms with Crippen molar-refractivity contribution in [2.45, 2.75) is 33.3 Å². The van der Waals surface area contributed by atoms with Gasteiger partial charge in [-0.05, 0) is 54.8 Å². The van der Waals surface area contributed by atoms with Crippen molar-refractivity contribution in [2.75, 3.05) is 18.4 Å². The first-order chi connectivity index (χ1) is 13.0. The zero-order chi connectivity index (χ0) is 19.6. The lowest BCUT2D eigenvalue weighted by molar-refractivity contribution is -0.143. The largest absolute Gasteiger partial charge is 0.489 e. The Kier molecular flexibility index (Phi) is 8.14. The van der Waals surface area contributed by atoms with Gasteiger partial charge in [-0.25, -0.2) is 0 Å². The van der Waals surface area contributed by atoms with E-state index in [0.29, 0.717) is 36.2 Å². The fraction of sp³-hybridized carbons (Fsp3) is 0.333. The smallest absolute Gasteiger partial charge is 0.313 e. The van der Waals surface area contributed by atoms with Gasteiger partial charge in [-0.2, -0.15) is 0 Å². The Morgan fingerprint density at radius 1 is 0.963 bits per heavy atom. The fourth-order valence-corrected chi connectivity index (χ4v) is 2.69. The highest BCUT2D eigenvalue weighted by Gasteiger charge is 2.20. The van der Waals surface area contributed by atoms with Crippen molar-refractivity contribution in [2.24, 2.45) is 0 Å². The van der Waals surface area contributed by atoms with E-state index in [1.165, 1.54) is 0 Å². The van der Waals surface area contributed by atoms with E-state index in [4.69, 9.17) is 16.3 Å². The molecule has 0 heterocycles. The molecule has 0 saturated carbocycles. The summed E-state index contributed by atoms with van der Waals surface area (Å²) < 4.78 is 5.71. The second-order valence-corrected chi connectivity index (χ2v) is 6.62. The summed E-state index contributed by atoms with van der Waals surface area (Å²) in [5, 5.41) is 3.33. The van der Waals surface area contributed by atoms with Crippen LogP contribution in [0.1, 0.15) is 32.3 Å². The molecule has 0 aliphatic rings. The van der Waals surface area contributed by atoms with Crippen LogP contribution < -0.4 is 10.1 Å². The van der Waals surface area contributed by atoms with Gasteiger partial charge in [0.05, 0.1) is 0 Å². The van der Waals surface area contributed by atoms with E-state index >= 15 is 0 Å². The Morgan fingerprint density at radius 3 is 2.11 bits per heavy atom. The van der Waals surface area contributed by atoms with Gasteiger partial charge in [0.2, 0.25) is 0 Å². The van der Waals surface area contributed by atoms with Gasteiger partial charge in [-0.15, -0.1) is 0 Å². The SMILES string of the molecule is CCCN(CCC)C(=O)C(=O)Nc1ccc(OCc2ccc(Cl)cc2)cc1. The number of carbonyl (C=O) groups excluding carboxylic acids is 2. The topological polar surface area (TPSA) is 58.6 Å². The number of anilines is 1. The van der Waals surface area contributed by atoms with Gasteiger partial charge < -0.3 is 15.0 Å². The summed E-state index contributed by atoms with van der Waals surface area (Å²) in [6, 6.07) is 14.4. The standard InChI is InChI=1S/C21H25ClN2O3/c1-3-13-24(14-4-2)21(26)20(25)23-18-9-11-19(12-10-18)27-15-16-5-7-17(22)8-6-16/h5-12H,3-4,13-15H2,1-2H3,(H,23,25). The molecule has 2 amide bonds. The van der Waals surface area contributed by atoms with Gasteiger partial charge in [0.15, 0.2) is 0 Å². The average Bonchev–Trinajstić information content (AvgIpc) is 2.68. The minimum atomic E-state index is -0.619. The van der Waals surface area contributed by atoms with Crippen LogP contribution in [0.25, 0.3) is 0 Å². The summed E-state index contributed by atoms with van der Waals surface area (Å²) >= 11 is 5.86. The lowest BCUT2D eigenvalue weighted by atomic mass is 10.2. The number of rotatable bonds is 8. The van der Waals surface area contributed by atoms with Crippen molar-refractivity contribution >= 4 is 29.1 Å². The van der Waals surface area contributed by atoms with Crippen molar-refractivity contribution in [3.63, 3.8) is 0 Å². The number of amides is 2. The number of ether oxygens (including phenoxy) is 1. The third-order valence-electron chi connectivity index (χ3n) is 3.90. The second-order valence-electron chi connectivity index (χ2n) is 6.19. The van der Waals surface area contributed by atoms with Crippen molar-refractivity contribution in [3.8, 4) is 5.75 Å². The molecule has 2 aromatic carbocycles. The summed E-state index contributed by atoms with van der Waals surface area (Å²) in [5.74, 6) is -0.443. The summed E-state index contributed by atoms with van der Waals surface area (Å²) in [6.45, 7) is 5.55. The van der Waals surface area contributed by atoms with E-state index in [9.17, 15) is 9.59 Å². The monoisotopic (exact) mass is 388 g/mol. The Labute approximate surface area is 165 Å². The Hall–Kier alpha value is -2.53. The molecule has 27 heavy (non-hydrogen) atoms. The van der Waals surface area contributed by atoms with E-state index in [1.54, 1.807) is 29.2 Å². The van der Waals surface area contributed by atoms with Crippen molar-refractivity contribution in [1.29, 1.82) is 0 Å². The minimum Gasteiger partial charge on any atom is -0.489 e. The molecule has 0 radical (unpaired) electrons. The Balaban J connectivity index is 1.89. The van der Waals surface area contributed by atoms with Crippen LogP contribution in [0, 0.1) is 0 Å². The third-order valence-corrected chi connectivity index (χ3v) is 4.15. The number of nitrogens with zero attached hydrogens (tertiary/aromatic N) is 1. The highest BCUT2D eigenvalue weighted by molar-refractivity contribution is 6.39. The quantitative estimate of drug-likeness (QED) is 0.677. The van der Waals surface area contributed by atoms with Crippen LogP contribution in [0.5, 0.6) is 5.75 Å². The zero-order valence-corrected chi connectivity index (χ0v) is 16.5. The molecule has 0 fully saturated rings. The van der Waals surface area contributed by atoms with Crippen LogP contribution >= 0.6 is 11.6 Å². The van der Waals surface area contributed by atoms with Crippen molar-refractivity contribution in [3.05, 3.63) is 59.1 Å². The summed E-state index contributed by atoms with van der Waals surface area (Å²) in [7, 11) is 0. The predicted octanol–water partition coefficient (Wildman–Crippen LogP) is 4.51. The number of hydrogen-bond acceptors (Lipinski definition) is 3. The molecule has 6 heteroatoms. The van der Waals surface area contributed by atoms with Crippen LogP contribution in [0.4, 0.5) is 5.69 Å². The first kappa shape index (κ1) is 20.8. The molecule has 0 aliphatic heterocycles. The van der Waals surface area contributed by atoms with Gasteiger partial charge in [-0.3, -0.25) is 9.59 Å². The number of hydrogen-bond donors (Lipinski definition) is 1. The molecule has 0 bridgehead atoms. The first-order valence-corrected chi connectivity index (χ1v) is 9.48. The maximum atomic E-state index is 12.3. The van der Waals surface area contributed by atoms with E-state index in [-0.39, 0.29) is 0 Å². The lowest BCUT2D eigenvalue weighted by Crippen LogP contribution is -2.40. The van der Waals surface area contributed by atoms with Crippen LogP contribution in [0.2, 0.25) is 5.02 Å². The third kappa shape index (κ3) is 6.61. The summed E-state index contributed by atoms with van der Waals surface area (Å²) in [6.07, 6.45) is 1.64. The fourth-order valence-electron chi connectivity index (χ4n) is 2.56. The van der Waals surface area contributed by atoms with Crippen molar-refractivity contribution < 1.29 is 14.3 Å². The number of benzene rings is 2. The van der Waals surface area contributed by atoms with Crippen LogP contribution in [0.15, 0.2) is 48.5 Å². The van der Waals surface area contributed by atoms with Crippen LogP contribution in [0.3, 0.4) is 0 Å². The molecule has 144 valence electrons. The second kappa shape index (κ2) is 10.6. The molecule has 2 rings (SSSR count). The number of carbonyl (C=O) groups is 2. The highest BCUT2D eigenvalue weighted by Crippen LogP contribution is 2.18. The van der Waals surface area contributed by atoms with E-state index < -0.39 is 11.8 Å². The maximum Gasteiger partial charge on any atom is 0.313 e. The molecular formula is C21H25ClN2O3. The van der Waals surface area contributed by atoms with Gasteiger partial charge in [-0.1, -0.05) is 37.6 Å². The molecule has 5 nitrogen and oxygen atoms in total. The Bertz CT molecular complexity index is 739. The normalized spacial score (nSPS) is 10.3. The minimum absolute atomic E-state index is 0.421. The number of halogens is 1. The van der Waals surface area contributed by atoms with E-state index in [2.05, 4.69) is 5.32 Å². The van der Waals surface area contributed by atoms with Crippen LogP contribution in [-0.2, 0) is 16.2 Å². The molecule has 0 aliphatic carbocycles. The number of nitrogens with one attached hydrogen (secondary N) is 1. The van der Waals surface area contributed by atoms with Gasteiger partial charge in [0, 0.05) is 23.8 Å². The molecule has 2 aromatic rings. The van der Waals surface area contributed by atoms with Crippen molar-refractivity contribution in [1.82, 2.24) is 4.90 Å². The van der Waals surface area contributed by atoms with Gasteiger partial charge in [0.25, 0.3) is 0 Å². The van der Waals surface area contributed by atoms with Crippen LogP contribution in [-0.4, -0.2) is 29.8 Å². The average molecular weight is 389 g/mol. The maximum absolute atomic E-state index is 12.3. The molecular weight excluding hydrogens is 364 g/mol. The van der Waals surface area contributed by atoms with E-state index in [0.717, 1.165) is 18.4 Å². The first-order valence-electron chi connectivity index (χ1n) is 9.11. The molecule has 0 aromatic heterocycles. The van der Waals surface area contributed by atoms with E-state index in [1.807, 2.05) is 38.1 Å². The molecule has 0 unspecified atom stereocenters. The summed E-state index contributed by atoms with van der Waals surface area (Å²) in [5.41, 5.74) is 1.56. The molecule has 0 saturated heterocycles. The predicted molar refractivity (Wildman–Crippen MR) is 108 cm³/mol. The molecule has 0 atom stereocenters. The zero-order valence-electron chi connectivity index (χ0n) is 15.7. The molecule has 0 spiro atoms. The van der Waals surface area contributed by atoms with Gasteiger partial charge in [0.1, 0.15) is 12.4 Å². The molecule has 1 N–H and O–H groups in total. The Morgan fingerprint density at radius 2 is 1.56 bits per heavy atom. The lowest BCUT2D eigenvalue weighted by Gasteiger charge is -2.20. The summed E-state index contributed by atoms with van der Waals surface area (Å²) in [4.78, 5) is 26.0. The van der Waals surface area contributed by atoms with Gasteiger partial charge >= 0.3 is 11.8 Å². The highest BCUT2D eigenvalue weighted by atomic mass is 35.5.